The molecule has 0 aliphatic heterocycles. The van der Waals surface area contributed by atoms with Crippen molar-refractivity contribution in [2.45, 2.75) is 25.5 Å². The zero-order valence-electron chi connectivity index (χ0n) is 13.9. The molecule has 2 aromatic rings. The molecule has 0 aliphatic rings. The minimum absolute atomic E-state index is 0.0234. The molecular weight excluding hydrogens is 341 g/mol. The standard InChI is InChI=1S/C19H18FNO5/c20-15-8-6-13(7-9-15)10-17(22)21-16(19(24)25)11-18(23)26-12-14-4-2-1-3-5-14/h1-9,16H,10-12H2,(H,21,22)(H,24,25)/t16-/m0/s1. The monoisotopic (exact) mass is 359 g/mol. The van der Waals surface area contributed by atoms with E-state index in [0.717, 1.165) is 5.56 Å². The number of aliphatic carboxylic acids is 1. The van der Waals surface area contributed by atoms with Crippen molar-refractivity contribution >= 4 is 17.8 Å². The van der Waals surface area contributed by atoms with Gasteiger partial charge in [0.15, 0.2) is 0 Å². The van der Waals surface area contributed by atoms with Gasteiger partial charge in [0.1, 0.15) is 18.5 Å². The maximum Gasteiger partial charge on any atom is 0.326 e. The summed E-state index contributed by atoms with van der Waals surface area (Å²) in [6, 6.07) is 12.8. The Morgan fingerprint density at radius 2 is 1.65 bits per heavy atom. The molecule has 1 atom stereocenters. The van der Waals surface area contributed by atoms with Crippen molar-refractivity contribution in [3.8, 4) is 0 Å². The number of benzene rings is 2. The number of ether oxygens (including phenoxy) is 1. The first kappa shape index (κ1) is 19.1. The van der Waals surface area contributed by atoms with Gasteiger partial charge in [0.05, 0.1) is 12.8 Å². The van der Waals surface area contributed by atoms with Gasteiger partial charge in [-0.3, -0.25) is 9.59 Å². The van der Waals surface area contributed by atoms with E-state index < -0.39 is 36.1 Å². The van der Waals surface area contributed by atoms with Crippen LogP contribution in [0.4, 0.5) is 4.39 Å². The largest absolute Gasteiger partial charge is 0.480 e. The Labute approximate surface area is 149 Å². The van der Waals surface area contributed by atoms with Gasteiger partial charge in [0.2, 0.25) is 5.91 Å². The van der Waals surface area contributed by atoms with Crippen LogP contribution >= 0.6 is 0 Å². The van der Waals surface area contributed by atoms with Gasteiger partial charge >= 0.3 is 11.9 Å². The van der Waals surface area contributed by atoms with Gasteiger partial charge in [0.25, 0.3) is 0 Å². The zero-order chi connectivity index (χ0) is 18.9. The van der Waals surface area contributed by atoms with E-state index in [9.17, 15) is 23.9 Å². The van der Waals surface area contributed by atoms with Gasteiger partial charge in [0, 0.05) is 0 Å². The molecule has 136 valence electrons. The van der Waals surface area contributed by atoms with Crippen molar-refractivity contribution in [2.24, 2.45) is 0 Å². The number of amides is 1. The number of carboxylic acids is 1. The number of hydrogen-bond donors (Lipinski definition) is 2. The highest BCUT2D eigenvalue weighted by Gasteiger charge is 2.24. The van der Waals surface area contributed by atoms with Crippen molar-refractivity contribution in [3.05, 3.63) is 71.5 Å². The Morgan fingerprint density at radius 1 is 1.00 bits per heavy atom. The van der Waals surface area contributed by atoms with Gasteiger partial charge in [-0.05, 0) is 23.3 Å². The molecule has 0 heterocycles. The summed E-state index contributed by atoms with van der Waals surface area (Å²) < 4.78 is 17.9. The van der Waals surface area contributed by atoms with E-state index in [-0.39, 0.29) is 13.0 Å². The van der Waals surface area contributed by atoms with Crippen LogP contribution < -0.4 is 5.32 Å². The van der Waals surface area contributed by atoms with Crippen LogP contribution in [0, 0.1) is 5.82 Å². The molecule has 0 bridgehead atoms. The van der Waals surface area contributed by atoms with Crippen molar-refractivity contribution < 1.29 is 28.6 Å². The van der Waals surface area contributed by atoms with E-state index >= 15 is 0 Å². The molecule has 26 heavy (non-hydrogen) atoms. The number of halogens is 1. The number of carbonyl (C=O) groups excluding carboxylic acids is 2. The topological polar surface area (TPSA) is 92.7 Å². The average Bonchev–Trinajstić information content (AvgIpc) is 2.62. The predicted molar refractivity (Wildman–Crippen MR) is 90.5 cm³/mol. The highest BCUT2D eigenvalue weighted by Crippen LogP contribution is 2.06. The normalized spacial score (nSPS) is 11.4. The summed E-state index contributed by atoms with van der Waals surface area (Å²) in [5, 5.41) is 11.5. The van der Waals surface area contributed by atoms with Gasteiger partial charge < -0.3 is 15.2 Å². The van der Waals surface area contributed by atoms with Gasteiger partial charge in [-0.15, -0.1) is 0 Å². The van der Waals surface area contributed by atoms with E-state index in [1.165, 1.54) is 24.3 Å². The van der Waals surface area contributed by atoms with Crippen LogP contribution in [0.5, 0.6) is 0 Å². The summed E-state index contributed by atoms with van der Waals surface area (Å²) in [6.07, 6.45) is -0.611. The third-order valence-corrected chi connectivity index (χ3v) is 3.52. The second-order valence-electron chi connectivity index (χ2n) is 5.61. The third-order valence-electron chi connectivity index (χ3n) is 3.52. The first-order valence-corrected chi connectivity index (χ1v) is 7.90. The minimum Gasteiger partial charge on any atom is -0.480 e. The molecule has 0 unspecified atom stereocenters. The minimum atomic E-state index is -1.40. The van der Waals surface area contributed by atoms with Crippen LogP contribution in [0.1, 0.15) is 17.5 Å². The summed E-state index contributed by atoms with van der Waals surface area (Å²) in [5.74, 6) is -3.09. The maximum absolute atomic E-state index is 12.8. The number of carbonyl (C=O) groups is 3. The number of nitrogens with one attached hydrogen (secondary N) is 1. The average molecular weight is 359 g/mol. The Balaban J connectivity index is 1.85. The molecule has 6 nitrogen and oxygen atoms in total. The fourth-order valence-corrected chi connectivity index (χ4v) is 2.20. The third kappa shape index (κ3) is 6.35. The molecular formula is C19H18FNO5. The fourth-order valence-electron chi connectivity index (χ4n) is 2.20. The van der Waals surface area contributed by atoms with Crippen molar-refractivity contribution in [3.63, 3.8) is 0 Å². The van der Waals surface area contributed by atoms with E-state index in [1.54, 1.807) is 24.3 Å². The van der Waals surface area contributed by atoms with Crippen LogP contribution in [-0.4, -0.2) is 29.0 Å². The second kappa shape index (κ2) is 9.31. The van der Waals surface area contributed by atoms with E-state index in [2.05, 4.69) is 5.32 Å². The van der Waals surface area contributed by atoms with Crippen LogP contribution in [0.2, 0.25) is 0 Å². The highest BCUT2D eigenvalue weighted by molar-refractivity contribution is 5.88. The number of esters is 1. The smallest absolute Gasteiger partial charge is 0.326 e. The Hall–Kier alpha value is -3.22. The lowest BCUT2D eigenvalue weighted by Crippen LogP contribution is -2.43. The Kier molecular flexibility index (Phi) is 6.84. The lowest BCUT2D eigenvalue weighted by atomic mass is 10.1. The summed E-state index contributed by atoms with van der Waals surface area (Å²) in [4.78, 5) is 35.1. The molecule has 0 saturated carbocycles. The van der Waals surface area contributed by atoms with Crippen molar-refractivity contribution in [2.75, 3.05) is 0 Å². The molecule has 2 aromatic carbocycles. The summed E-state index contributed by atoms with van der Waals surface area (Å²) in [6.45, 7) is 0.0234. The van der Waals surface area contributed by atoms with Crippen LogP contribution in [0.25, 0.3) is 0 Å². The molecule has 0 fully saturated rings. The van der Waals surface area contributed by atoms with Gasteiger partial charge in [-0.2, -0.15) is 0 Å². The number of carboxylic acid groups (broad SMARTS) is 1. The van der Waals surface area contributed by atoms with E-state index in [1.807, 2.05) is 6.07 Å². The molecule has 0 saturated heterocycles. The molecule has 0 aliphatic carbocycles. The SMILES string of the molecule is O=C(Cc1ccc(F)cc1)N[C@@H](CC(=O)OCc1ccccc1)C(=O)O. The maximum atomic E-state index is 12.8. The predicted octanol–water partition coefficient (Wildman–Crippen LogP) is 2.07. The molecule has 1 amide bonds. The van der Waals surface area contributed by atoms with Crippen molar-refractivity contribution in [1.29, 1.82) is 0 Å². The van der Waals surface area contributed by atoms with Crippen molar-refractivity contribution in [1.82, 2.24) is 5.32 Å². The first-order chi connectivity index (χ1) is 12.4. The first-order valence-electron chi connectivity index (χ1n) is 7.90. The summed E-state index contributed by atoms with van der Waals surface area (Å²) >= 11 is 0. The fraction of sp³-hybridized carbons (Fsp3) is 0.211. The second-order valence-corrected chi connectivity index (χ2v) is 5.61. The summed E-state index contributed by atoms with van der Waals surface area (Å²) in [7, 11) is 0. The molecule has 0 spiro atoms. The number of rotatable bonds is 8. The number of hydrogen-bond acceptors (Lipinski definition) is 4. The van der Waals surface area contributed by atoms with Crippen LogP contribution in [0.15, 0.2) is 54.6 Å². The van der Waals surface area contributed by atoms with Gasteiger partial charge in [-0.1, -0.05) is 42.5 Å². The molecule has 0 aromatic heterocycles. The Morgan fingerprint density at radius 3 is 2.27 bits per heavy atom. The van der Waals surface area contributed by atoms with E-state index in [4.69, 9.17) is 4.74 Å². The van der Waals surface area contributed by atoms with Crippen LogP contribution in [-0.2, 0) is 32.1 Å². The molecule has 0 radical (unpaired) electrons. The van der Waals surface area contributed by atoms with Crippen LogP contribution in [0.3, 0.4) is 0 Å². The summed E-state index contributed by atoms with van der Waals surface area (Å²) in [5.41, 5.74) is 1.30. The highest BCUT2D eigenvalue weighted by atomic mass is 19.1. The zero-order valence-corrected chi connectivity index (χ0v) is 13.9. The quantitative estimate of drug-likeness (QED) is 0.704. The lowest BCUT2D eigenvalue weighted by Gasteiger charge is -2.14. The molecule has 2 rings (SSSR count). The van der Waals surface area contributed by atoms with E-state index in [0.29, 0.717) is 5.56 Å². The lowest BCUT2D eigenvalue weighted by molar-refractivity contribution is -0.151. The van der Waals surface area contributed by atoms with Gasteiger partial charge in [-0.25, -0.2) is 9.18 Å². The molecule has 2 N–H and O–H groups in total. The Bertz CT molecular complexity index is 761. The molecule has 7 heteroatoms.